The number of para-hydroxylation sites is 1. The van der Waals surface area contributed by atoms with Gasteiger partial charge in [0.1, 0.15) is 11.5 Å². The fourth-order valence-corrected chi connectivity index (χ4v) is 2.06. The Morgan fingerprint density at radius 2 is 1.82 bits per heavy atom. The summed E-state index contributed by atoms with van der Waals surface area (Å²) >= 11 is 0. The van der Waals surface area contributed by atoms with Crippen LogP contribution in [0.25, 0.3) is 0 Å². The SMILES string of the molecule is CNCCCC(=O)NCc1cccc(Oc2ccccc2)c1. The second-order valence-electron chi connectivity index (χ2n) is 5.05. The van der Waals surface area contributed by atoms with Crippen molar-refractivity contribution in [2.45, 2.75) is 19.4 Å². The minimum absolute atomic E-state index is 0.0737. The molecule has 0 aliphatic heterocycles. The summed E-state index contributed by atoms with van der Waals surface area (Å²) in [7, 11) is 1.89. The van der Waals surface area contributed by atoms with Gasteiger partial charge in [-0.3, -0.25) is 4.79 Å². The molecular weight excluding hydrogens is 276 g/mol. The Balaban J connectivity index is 1.85. The van der Waals surface area contributed by atoms with E-state index in [1.807, 2.05) is 61.6 Å². The lowest BCUT2D eigenvalue weighted by Gasteiger charge is -2.09. The lowest BCUT2D eigenvalue weighted by molar-refractivity contribution is -0.121. The van der Waals surface area contributed by atoms with Crippen molar-refractivity contribution in [2.24, 2.45) is 0 Å². The van der Waals surface area contributed by atoms with E-state index >= 15 is 0 Å². The third-order valence-electron chi connectivity index (χ3n) is 3.20. The Morgan fingerprint density at radius 1 is 1.05 bits per heavy atom. The van der Waals surface area contributed by atoms with Crippen LogP contribution in [0.3, 0.4) is 0 Å². The number of carbonyl (C=O) groups is 1. The van der Waals surface area contributed by atoms with E-state index in [9.17, 15) is 4.79 Å². The predicted octanol–water partition coefficient (Wildman–Crippen LogP) is 3.09. The molecule has 0 heterocycles. The van der Waals surface area contributed by atoms with Crippen molar-refractivity contribution in [3.05, 3.63) is 60.2 Å². The molecule has 22 heavy (non-hydrogen) atoms. The highest BCUT2D eigenvalue weighted by atomic mass is 16.5. The normalized spacial score (nSPS) is 10.2. The average molecular weight is 298 g/mol. The maximum absolute atomic E-state index is 11.7. The number of rotatable bonds is 8. The van der Waals surface area contributed by atoms with Gasteiger partial charge < -0.3 is 15.4 Å². The summed E-state index contributed by atoms with van der Waals surface area (Å²) in [6.07, 6.45) is 1.39. The molecule has 2 aromatic rings. The van der Waals surface area contributed by atoms with Crippen LogP contribution in [0.5, 0.6) is 11.5 Å². The van der Waals surface area contributed by atoms with Gasteiger partial charge in [-0.15, -0.1) is 0 Å². The Morgan fingerprint density at radius 3 is 2.59 bits per heavy atom. The third-order valence-corrected chi connectivity index (χ3v) is 3.20. The minimum atomic E-state index is 0.0737. The smallest absolute Gasteiger partial charge is 0.220 e. The van der Waals surface area contributed by atoms with Gasteiger partial charge in [-0.2, -0.15) is 0 Å². The van der Waals surface area contributed by atoms with Crippen molar-refractivity contribution in [1.82, 2.24) is 10.6 Å². The molecular formula is C18H22N2O2. The third kappa shape index (κ3) is 5.58. The van der Waals surface area contributed by atoms with Gasteiger partial charge in [0.05, 0.1) is 0 Å². The minimum Gasteiger partial charge on any atom is -0.457 e. The Hall–Kier alpha value is -2.33. The lowest BCUT2D eigenvalue weighted by Crippen LogP contribution is -2.23. The Labute approximate surface area is 131 Å². The van der Waals surface area contributed by atoms with Crippen molar-refractivity contribution < 1.29 is 9.53 Å². The van der Waals surface area contributed by atoms with E-state index < -0.39 is 0 Å². The molecule has 2 rings (SSSR count). The number of hydrogen-bond acceptors (Lipinski definition) is 3. The zero-order valence-corrected chi connectivity index (χ0v) is 12.8. The van der Waals surface area contributed by atoms with Crippen LogP contribution >= 0.6 is 0 Å². The second-order valence-corrected chi connectivity index (χ2v) is 5.05. The molecule has 0 aliphatic carbocycles. The van der Waals surface area contributed by atoms with E-state index in [2.05, 4.69) is 10.6 Å². The number of benzene rings is 2. The molecule has 116 valence electrons. The van der Waals surface area contributed by atoms with Crippen molar-refractivity contribution in [3.63, 3.8) is 0 Å². The Kier molecular flexibility index (Phi) is 6.45. The van der Waals surface area contributed by atoms with E-state index in [4.69, 9.17) is 4.74 Å². The molecule has 2 N–H and O–H groups in total. The van der Waals surface area contributed by atoms with Gasteiger partial charge in [0.25, 0.3) is 0 Å². The van der Waals surface area contributed by atoms with Crippen LogP contribution in [0.4, 0.5) is 0 Å². The largest absolute Gasteiger partial charge is 0.457 e. The summed E-state index contributed by atoms with van der Waals surface area (Å²) in [5.74, 6) is 1.65. The Bertz CT molecular complexity index is 585. The summed E-state index contributed by atoms with van der Waals surface area (Å²) in [6, 6.07) is 17.4. The number of carbonyl (C=O) groups excluding carboxylic acids is 1. The van der Waals surface area contributed by atoms with Gasteiger partial charge >= 0.3 is 0 Å². The van der Waals surface area contributed by atoms with Crippen molar-refractivity contribution in [3.8, 4) is 11.5 Å². The molecule has 0 aliphatic rings. The maximum Gasteiger partial charge on any atom is 0.220 e. The summed E-state index contributed by atoms with van der Waals surface area (Å²) in [6.45, 7) is 1.37. The van der Waals surface area contributed by atoms with Gasteiger partial charge in [0, 0.05) is 13.0 Å². The maximum atomic E-state index is 11.7. The number of amides is 1. The molecule has 2 aromatic carbocycles. The van der Waals surface area contributed by atoms with E-state index in [-0.39, 0.29) is 5.91 Å². The first kappa shape index (κ1) is 16.0. The molecule has 0 fully saturated rings. The number of nitrogens with one attached hydrogen (secondary N) is 2. The molecule has 0 atom stereocenters. The van der Waals surface area contributed by atoms with E-state index in [0.29, 0.717) is 13.0 Å². The average Bonchev–Trinajstić information content (AvgIpc) is 2.55. The monoisotopic (exact) mass is 298 g/mol. The van der Waals surface area contributed by atoms with Crippen molar-refractivity contribution >= 4 is 5.91 Å². The van der Waals surface area contributed by atoms with Crippen LogP contribution in [-0.2, 0) is 11.3 Å². The molecule has 4 heteroatoms. The molecule has 0 aromatic heterocycles. The fraction of sp³-hybridized carbons (Fsp3) is 0.278. The molecule has 0 radical (unpaired) electrons. The zero-order valence-electron chi connectivity index (χ0n) is 12.8. The van der Waals surface area contributed by atoms with Crippen LogP contribution in [0.15, 0.2) is 54.6 Å². The van der Waals surface area contributed by atoms with Crippen LogP contribution in [-0.4, -0.2) is 19.5 Å². The summed E-state index contributed by atoms with van der Waals surface area (Å²) in [5.41, 5.74) is 1.02. The summed E-state index contributed by atoms with van der Waals surface area (Å²) in [5, 5.41) is 5.96. The summed E-state index contributed by atoms with van der Waals surface area (Å²) in [4.78, 5) is 11.7. The van der Waals surface area contributed by atoms with E-state index in [1.165, 1.54) is 0 Å². The molecule has 0 saturated carbocycles. The highest BCUT2D eigenvalue weighted by molar-refractivity contribution is 5.75. The fourth-order valence-electron chi connectivity index (χ4n) is 2.06. The number of hydrogen-bond donors (Lipinski definition) is 2. The van der Waals surface area contributed by atoms with Crippen molar-refractivity contribution in [1.29, 1.82) is 0 Å². The second kappa shape index (κ2) is 8.85. The molecule has 4 nitrogen and oxygen atoms in total. The molecule has 0 unspecified atom stereocenters. The first-order valence-electron chi connectivity index (χ1n) is 7.51. The van der Waals surface area contributed by atoms with Gasteiger partial charge in [0.15, 0.2) is 0 Å². The van der Waals surface area contributed by atoms with Gasteiger partial charge in [-0.1, -0.05) is 30.3 Å². The van der Waals surface area contributed by atoms with Crippen molar-refractivity contribution in [2.75, 3.05) is 13.6 Å². The molecule has 0 bridgehead atoms. The van der Waals surface area contributed by atoms with E-state index in [0.717, 1.165) is 30.0 Å². The molecule has 0 spiro atoms. The van der Waals surface area contributed by atoms with Crippen LogP contribution in [0.2, 0.25) is 0 Å². The van der Waals surface area contributed by atoms with Gasteiger partial charge in [-0.05, 0) is 49.8 Å². The standard InChI is InChI=1S/C18H22N2O2/c1-19-12-6-11-18(21)20-14-15-7-5-10-17(13-15)22-16-8-3-2-4-9-16/h2-5,7-10,13,19H,6,11-12,14H2,1H3,(H,20,21). The molecule has 1 amide bonds. The van der Waals surface area contributed by atoms with Crippen LogP contribution < -0.4 is 15.4 Å². The topological polar surface area (TPSA) is 50.4 Å². The first-order valence-corrected chi connectivity index (χ1v) is 7.51. The first-order chi connectivity index (χ1) is 10.8. The zero-order chi connectivity index (χ0) is 15.6. The predicted molar refractivity (Wildman–Crippen MR) is 88.0 cm³/mol. The quantitative estimate of drug-likeness (QED) is 0.736. The van der Waals surface area contributed by atoms with Gasteiger partial charge in [0.2, 0.25) is 5.91 Å². The van der Waals surface area contributed by atoms with Crippen LogP contribution in [0, 0.1) is 0 Å². The highest BCUT2D eigenvalue weighted by Crippen LogP contribution is 2.21. The molecule has 0 saturated heterocycles. The van der Waals surface area contributed by atoms with E-state index in [1.54, 1.807) is 0 Å². The number of ether oxygens (including phenoxy) is 1. The summed E-state index contributed by atoms with van der Waals surface area (Å²) < 4.78 is 5.78. The lowest BCUT2D eigenvalue weighted by atomic mass is 10.2. The van der Waals surface area contributed by atoms with Crippen LogP contribution in [0.1, 0.15) is 18.4 Å². The highest BCUT2D eigenvalue weighted by Gasteiger charge is 2.02. The van der Waals surface area contributed by atoms with Gasteiger partial charge in [-0.25, -0.2) is 0 Å².